The van der Waals surface area contributed by atoms with Crippen LogP contribution in [0.25, 0.3) is 0 Å². The van der Waals surface area contributed by atoms with E-state index in [-0.39, 0.29) is 0 Å². The first-order chi connectivity index (χ1) is 9.24. The van der Waals surface area contributed by atoms with Crippen molar-refractivity contribution in [3.63, 3.8) is 0 Å². The van der Waals surface area contributed by atoms with Gasteiger partial charge in [-0.2, -0.15) is 0 Å². The van der Waals surface area contributed by atoms with Crippen LogP contribution in [-0.4, -0.2) is 37.3 Å². The van der Waals surface area contributed by atoms with Gasteiger partial charge in [-0.3, -0.25) is 0 Å². The van der Waals surface area contributed by atoms with Crippen LogP contribution in [0.2, 0.25) is 0 Å². The third-order valence-electron chi connectivity index (χ3n) is 3.85. The fourth-order valence-corrected chi connectivity index (χ4v) is 3.38. The van der Waals surface area contributed by atoms with Crippen LogP contribution in [0.15, 0.2) is 6.20 Å². The van der Waals surface area contributed by atoms with E-state index in [9.17, 15) is 0 Å². The summed E-state index contributed by atoms with van der Waals surface area (Å²) in [4.78, 5) is 8.12. The summed E-state index contributed by atoms with van der Waals surface area (Å²) >= 11 is 1.80. The van der Waals surface area contributed by atoms with E-state index >= 15 is 0 Å². The van der Waals surface area contributed by atoms with Gasteiger partial charge in [0.15, 0.2) is 5.13 Å². The van der Waals surface area contributed by atoms with Gasteiger partial charge >= 0.3 is 0 Å². The molecule has 1 saturated heterocycles. The van der Waals surface area contributed by atoms with Gasteiger partial charge in [-0.1, -0.05) is 0 Å². The van der Waals surface area contributed by atoms with E-state index < -0.39 is 0 Å². The number of nitrogens with zero attached hydrogens (tertiary/aromatic N) is 2. The minimum Gasteiger partial charge on any atom is -0.381 e. The molecule has 1 N–H and O–H groups in total. The highest BCUT2D eigenvalue weighted by Gasteiger charge is 2.21. The third-order valence-corrected chi connectivity index (χ3v) is 4.90. The quantitative estimate of drug-likeness (QED) is 0.834. The standard InChI is InChI=1S/C14H25N3OS/c1-4-17(5-2)14-16-9-13(19-14)8-15-11(3)12-6-7-18-10-12/h9,11-12,15H,4-8,10H2,1-3H3. The highest BCUT2D eigenvalue weighted by Crippen LogP contribution is 2.23. The highest BCUT2D eigenvalue weighted by molar-refractivity contribution is 7.15. The van der Waals surface area contributed by atoms with Crippen molar-refractivity contribution in [3.8, 4) is 0 Å². The fraction of sp³-hybridized carbons (Fsp3) is 0.786. The van der Waals surface area contributed by atoms with Crippen molar-refractivity contribution in [1.82, 2.24) is 10.3 Å². The van der Waals surface area contributed by atoms with E-state index in [2.05, 4.69) is 36.0 Å². The second kappa shape index (κ2) is 7.22. The molecule has 0 bridgehead atoms. The Kier molecular flexibility index (Phi) is 5.60. The van der Waals surface area contributed by atoms with Gasteiger partial charge in [-0.25, -0.2) is 4.98 Å². The summed E-state index contributed by atoms with van der Waals surface area (Å²) in [6.07, 6.45) is 3.19. The lowest BCUT2D eigenvalue weighted by Gasteiger charge is -2.18. The van der Waals surface area contributed by atoms with Gasteiger partial charge in [0.2, 0.25) is 0 Å². The van der Waals surface area contributed by atoms with E-state index in [0.717, 1.165) is 38.0 Å². The summed E-state index contributed by atoms with van der Waals surface area (Å²) in [5, 5.41) is 4.74. The van der Waals surface area contributed by atoms with Crippen LogP contribution >= 0.6 is 11.3 Å². The molecule has 0 aliphatic carbocycles. The molecule has 19 heavy (non-hydrogen) atoms. The summed E-state index contributed by atoms with van der Waals surface area (Å²) < 4.78 is 5.44. The van der Waals surface area contributed by atoms with Gasteiger partial charge in [-0.15, -0.1) is 11.3 Å². The van der Waals surface area contributed by atoms with Crippen molar-refractivity contribution in [3.05, 3.63) is 11.1 Å². The second-order valence-corrected chi connectivity index (χ2v) is 6.17. The normalized spacial score (nSPS) is 20.7. The monoisotopic (exact) mass is 283 g/mol. The zero-order valence-corrected chi connectivity index (χ0v) is 13.0. The Bertz CT molecular complexity index is 373. The predicted octanol–water partition coefficient (Wildman–Crippen LogP) is 2.50. The number of nitrogens with one attached hydrogen (secondary N) is 1. The zero-order valence-electron chi connectivity index (χ0n) is 12.2. The molecular formula is C14H25N3OS. The van der Waals surface area contributed by atoms with Gasteiger partial charge in [0, 0.05) is 43.4 Å². The van der Waals surface area contributed by atoms with Crippen LogP contribution in [0.4, 0.5) is 5.13 Å². The Morgan fingerprint density at radius 1 is 1.53 bits per heavy atom. The molecular weight excluding hydrogens is 258 g/mol. The molecule has 0 radical (unpaired) electrons. The van der Waals surface area contributed by atoms with E-state index in [1.807, 2.05) is 6.20 Å². The van der Waals surface area contributed by atoms with Crippen molar-refractivity contribution in [2.45, 2.75) is 39.8 Å². The Morgan fingerprint density at radius 2 is 2.32 bits per heavy atom. The lowest BCUT2D eigenvalue weighted by molar-refractivity contribution is 0.178. The van der Waals surface area contributed by atoms with E-state index in [4.69, 9.17) is 4.74 Å². The third kappa shape index (κ3) is 3.91. The van der Waals surface area contributed by atoms with Gasteiger partial charge in [0.25, 0.3) is 0 Å². The average molecular weight is 283 g/mol. The molecule has 4 nitrogen and oxygen atoms in total. The Hall–Kier alpha value is -0.650. The maximum Gasteiger partial charge on any atom is 0.185 e. The first-order valence-electron chi connectivity index (χ1n) is 7.25. The Labute approximate surface area is 120 Å². The SMILES string of the molecule is CCN(CC)c1ncc(CNC(C)C2CCOC2)s1. The molecule has 2 atom stereocenters. The van der Waals surface area contributed by atoms with Crippen LogP contribution in [0.3, 0.4) is 0 Å². The highest BCUT2D eigenvalue weighted by atomic mass is 32.1. The maximum absolute atomic E-state index is 5.44. The fourth-order valence-electron chi connectivity index (χ4n) is 2.39. The molecule has 2 unspecified atom stereocenters. The maximum atomic E-state index is 5.44. The molecule has 2 rings (SSSR count). The van der Waals surface area contributed by atoms with Crippen molar-refractivity contribution >= 4 is 16.5 Å². The predicted molar refractivity (Wildman–Crippen MR) is 80.9 cm³/mol. The van der Waals surface area contributed by atoms with Crippen molar-refractivity contribution in [2.24, 2.45) is 5.92 Å². The molecule has 1 aromatic rings. The number of hydrogen-bond acceptors (Lipinski definition) is 5. The minimum absolute atomic E-state index is 0.515. The molecule has 0 spiro atoms. The summed E-state index contributed by atoms with van der Waals surface area (Å²) in [5.74, 6) is 0.662. The molecule has 1 aromatic heterocycles. The number of thiazole rings is 1. The molecule has 0 amide bonds. The van der Waals surface area contributed by atoms with Gasteiger partial charge in [-0.05, 0) is 33.1 Å². The van der Waals surface area contributed by atoms with Crippen LogP contribution in [0, 0.1) is 5.92 Å². The van der Waals surface area contributed by atoms with Gasteiger partial charge in [0.05, 0.1) is 6.61 Å². The van der Waals surface area contributed by atoms with Gasteiger partial charge in [0.1, 0.15) is 0 Å². The molecule has 5 heteroatoms. The smallest absolute Gasteiger partial charge is 0.185 e. The largest absolute Gasteiger partial charge is 0.381 e. The lowest BCUT2D eigenvalue weighted by Crippen LogP contribution is -2.33. The number of ether oxygens (including phenoxy) is 1. The van der Waals surface area contributed by atoms with Crippen molar-refractivity contribution in [2.75, 3.05) is 31.2 Å². The summed E-state index contributed by atoms with van der Waals surface area (Å²) in [7, 11) is 0. The number of anilines is 1. The molecule has 2 heterocycles. The van der Waals surface area contributed by atoms with E-state index in [1.165, 1.54) is 11.3 Å². The first-order valence-corrected chi connectivity index (χ1v) is 8.07. The molecule has 108 valence electrons. The van der Waals surface area contributed by atoms with Crippen LogP contribution in [0.5, 0.6) is 0 Å². The number of hydrogen-bond donors (Lipinski definition) is 1. The zero-order chi connectivity index (χ0) is 13.7. The van der Waals surface area contributed by atoms with Crippen LogP contribution < -0.4 is 10.2 Å². The van der Waals surface area contributed by atoms with Crippen molar-refractivity contribution in [1.29, 1.82) is 0 Å². The first kappa shape index (κ1) is 14.8. The molecule has 0 saturated carbocycles. The Morgan fingerprint density at radius 3 is 2.95 bits per heavy atom. The Balaban J connectivity index is 1.82. The second-order valence-electron chi connectivity index (χ2n) is 5.07. The van der Waals surface area contributed by atoms with Gasteiger partial charge < -0.3 is 15.0 Å². The summed E-state index contributed by atoms with van der Waals surface area (Å²) in [6, 6.07) is 0.515. The summed E-state index contributed by atoms with van der Waals surface area (Å²) in [5.41, 5.74) is 0. The molecule has 1 fully saturated rings. The minimum atomic E-state index is 0.515. The van der Waals surface area contributed by atoms with Crippen LogP contribution in [-0.2, 0) is 11.3 Å². The van der Waals surface area contributed by atoms with E-state index in [1.54, 1.807) is 11.3 Å². The lowest BCUT2D eigenvalue weighted by atomic mass is 10.0. The molecule has 1 aliphatic rings. The summed E-state index contributed by atoms with van der Waals surface area (Å²) in [6.45, 7) is 11.4. The topological polar surface area (TPSA) is 37.4 Å². The van der Waals surface area contributed by atoms with Crippen LogP contribution in [0.1, 0.15) is 32.1 Å². The molecule has 1 aliphatic heterocycles. The van der Waals surface area contributed by atoms with Crippen molar-refractivity contribution < 1.29 is 4.74 Å². The number of rotatable bonds is 7. The molecule has 0 aromatic carbocycles. The average Bonchev–Trinajstić information content (AvgIpc) is 3.09. The van der Waals surface area contributed by atoms with E-state index in [0.29, 0.717) is 12.0 Å². The number of aromatic nitrogens is 1.